The van der Waals surface area contributed by atoms with Gasteiger partial charge in [-0.25, -0.2) is 8.42 Å². The normalized spacial score (nSPS) is 21.0. The second-order valence-corrected chi connectivity index (χ2v) is 7.10. The van der Waals surface area contributed by atoms with Crippen LogP contribution in [-0.4, -0.2) is 37.0 Å². The third kappa shape index (κ3) is 2.82. The fraction of sp³-hybridized carbons (Fsp3) is 0.571. The summed E-state index contributed by atoms with van der Waals surface area (Å²) in [5, 5.41) is 9.14. The van der Waals surface area contributed by atoms with E-state index in [-0.39, 0.29) is 17.5 Å². The van der Waals surface area contributed by atoms with Gasteiger partial charge in [0.15, 0.2) is 0 Å². The minimum atomic E-state index is -3.60. The molecule has 1 unspecified atom stereocenters. The van der Waals surface area contributed by atoms with E-state index in [0.29, 0.717) is 24.2 Å². The smallest absolute Gasteiger partial charge is 0.245 e. The summed E-state index contributed by atoms with van der Waals surface area (Å²) >= 11 is 0. The maximum Gasteiger partial charge on any atom is 0.245 e. The van der Waals surface area contributed by atoms with Crippen molar-refractivity contribution in [2.75, 3.05) is 18.9 Å². The van der Waals surface area contributed by atoms with Gasteiger partial charge in [-0.15, -0.1) is 0 Å². The standard InChI is InChI=1S/C14H22N2O3S/c1-11-5-4-7-13(15)14(11)20(18,19)16-9-3-2-6-12(16)8-10-17/h4-5,7,12,17H,2-3,6,8-10,15H2,1H3. The van der Waals surface area contributed by atoms with Crippen LogP contribution >= 0.6 is 0 Å². The highest BCUT2D eigenvalue weighted by atomic mass is 32.2. The van der Waals surface area contributed by atoms with Gasteiger partial charge in [0.1, 0.15) is 4.90 Å². The monoisotopic (exact) mass is 298 g/mol. The molecule has 5 nitrogen and oxygen atoms in total. The molecule has 0 bridgehead atoms. The molecule has 0 amide bonds. The summed E-state index contributed by atoms with van der Waals surface area (Å²) in [6.07, 6.45) is 3.13. The van der Waals surface area contributed by atoms with Crippen molar-refractivity contribution < 1.29 is 13.5 Å². The van der Waals surface area contributed by atoms with Crippen LogP contribution in [0, 0.1) is 6.92 Å². The van der Waals surface area contributed by atoms with Crippen LogP contribution in [0.5, 0.6) is 0 Å². The molecule has 0 saturated carbocycles. The van der Waals surface area contributed by atoms with E-state index in [1.54, 1.807) is 25.1 Å². The molecule has 1 atom stereocenters. The van der Waals surface area contributed by atoms with E-state index in [1.165, 1.54) is 4.31 Å². The minimum absolute atomic E-state index is 0.0000589. The first kappa shape index (κ1) is 15.3. The lowest BCUT2D eigenvalue weighted by atomic mass is 10.0. The molecule has 0 spiro atoms. The van der Waals surface area contributed by atoms with Crippen molar-refractivity contribution >= 4 is 15.7 Å². The summed E-state index contributed by atoms with van der Waals surface area (Å²) in [6, 6.07) is 5.00. The number of hydrogen-bond acceptors (Lipinski definition) is 4. The molecule has 1 heterocycles. The number of anilines is 1. The maximum absolute atomic E-state index is 12.9. The van der Waals surface area contributed by atoms with Gasteiger partial charge in [-0.1, -0.05) is 18.6 Å². The Hall–Kier alpha value is -1.11. The third-order valence-electron chi connectivity index (χ3n) is 3.84. The van der Waals surface area contributed by atoms with Crippen LogP contribution in [0.25, 0.3) is 0 Å². The number of rotatable bonds is 4. The quantitative estimate of drug-likeness (QED) is 0.825. The molecule has 2 rings (SSSR count). The molecule has 112 valence electrons. The molecule has 20 heavy (non-hydrogen) atoms. The Kier molecular flexibility index (Phi) is 4.67. The number of benzene rings is 1. The van der Waals surface area contributed by atoms with Gasteiger partial charge in [-0.05, 0) is 37.8 Å². The molecule has 1 aliphatic rings. The molecule has 1 aromatic rings. The Morgan fingerprint density at radius 3 is 2.80 bits per heavy atom. The number of aliphatic hydroxyl groups excluding tert-OH is 1. The van der Waals surface area contributed by atoms with Crippen molar-refractivity contribution in [2.24, 2.45) is 0 Å². The first-order chi connectivity index (χ1) is 9.48. The van der Waals surface area contributed by atoms with Gasteiger partial charge in [0, 0.05) is 19.2 Å². The molecule has 1 fully saturated rings. The molecule has 0 aromatic heterocycles. The van der Waals surface area contributed by atoms with E-state index in [0.717, 1.165) is 19.3 Å². The van der Waals surface area contributed by atoms with Crippen LogP contribution in [-0.2, 0) is 10.0 Å². The molecule has 1 saturated heterocycles. The predicted octanol–water partition coefficient (Wildman–Crippen LogP) is 1.50. The first-order valence-corrected chi connectivity index (χ1v) is 8.40. The largest absolute Gasteiger partial charge is 0.398 e. The Morgan fingerprint density at radius 1 is 1.40 bits per heavy atom. The van der Waals surface area contributed by atoms with Gasteiger partial charge >= 0.3 is 0 Å². The van der Waals surface area contributed by atoms with E-state index in [9.17, 15) is 8.42 Å². The van der Waals surface area contributed by atoms with Crippen molar-refractivity contribution in [3.63, 3.8) is 0 Å². The Morgan fingerprint density at radius 2 is 2.15 bits per heavy atom. The number of nitrogen functional groups attached to an aromatic ring is 1. The lowest BCUT2D eigenvalue weighted by molar-refractivity contribution is 0.192. The molecular formula is C14H22N2O3S. The fourth-order valence-corrected chi connectivity index (χ4v) is 4.92. The highest BCUT2D eigenvalue weighted by molar-refractivity contribution is 7.89. The number of nitrogens with zero attached hydrogens (tertiary/aromatic N) is 1. The minimum Gasteiger partial charge on any atom is -0.398 e. The van der Waals surface area contributed by atoms with Crippen LogP contribution in [0.3, 0.4) is 0 Å². The van der Waals surface area contributed by atoms with Gasteiger partial charge in [0.05, 0.1) is 5.69 Å². The van der Waals surface area contributed by atoms with Gasteiger partial charge in [-0.2, -0.15) is 4.31 Å². The average molecular weight is 298 g/mol. The Bertz CT molecular complexity index is 550. The molecule has 0 aliphatic carbocycles. The van der Waals surface area contributed by atoms with Gasteiger partial charge in [0.25, 0.3) is 0 Å². The molecule has 6 heteroatoms. The van der Waals surface area contributed by atoms with E-state index < -0.39 is 10.0 Å². The summed E-state index contributed by atoms with van der Waals surface area (Å²) in [5.41, 5.74) is 6.83. The number of sulfonamides is 1. The van der Waals surface area contributed by atoms with E-state index in [4.69, 9.17) is 10.8 Å². The van der Waals surface area contributed by atoms with Gasteiger partial charge in [-0.3, -0.25) is 0 Å². The molecule has 0 radical (unpaired) electrons. The lowest BCUT2D eigenvalue weighted by Crippen LogP contribution is -2.44. The molecule has 1 aromatic carbocycles. The summed E-state index contributed by atoms with van der Waals surface area (Å²) < 4.78 is 27.3. The Balaban J connectivity index is 2.42. The highest BCUT2D eigenvalue weighted by Crippen LogP contribution is 2.31. The van der Waals surface area contributed by atoms with Gasteiger partial charge < -0.3 is 10.8 Å². The van der Waals surface area contributed by atoms with Crippen molar-refractivity contribution in [2.45, 2.75) is 43.5 Å². The number of aryl methyl sites for hydroxylation is 1. The fourth-order valence-electron chi connectivity index (χ4n) is 2.87. The topological polar surface area (TPSA) is 83.6 Å². The Labute approximate surface area is 120 Å². The van der Waals surface area contributed by atoms with Crippen LogP contribution in [0.2, 0.25) is 0 Å². The first-order valence-electron chi connectivity index (χ1n) is 6.96. The maximum atomic E-state index is 12.9. The van der Waals surface area contributed by atoms with Crippen LogP contribution in [0.1, 0.15) is 31.2 Å². The van der Waals surface area contributed by atoms with Crippen molar-refractivity contribution in [3.05, 3.63) is 23.8 Å². The van der Waals surface area contributed by atoms with Gasteiger partial charge in [0.2, 0.25) is 10.0 Å². The zero-order valence-electron chi connectivity index (χ0n) is 11.7. The number of aliphatic hydroxyl groups is 1. The molecule has 3 N–H and O–H groups in total. The van der Waals surface area contributed by atoms with E-state index in [1.807, 2.05) is 0 Å². The zero-order chi connectivity index (χ0) is 14.8. The number of piperidine rings is 1. The van der Waals surface area contributed by atoms with Crippen molar-refractivity contribution in [3.8, 4) is 0 Å². The predicted molar refractivity (Wildman–Crippen MR) is 78.8 cm³/mol. The third-order valence-corrected chi connectivity index (χ3v) is 6.02. The number of hydrogen-bond donors (Lipinski definition) is 2. The summed E-state index contributed by atoms with van der Waals surface area (Å²) in [7, 11) is -3.60. The molecule has 1 aliphatic heterocycles. The van der Waals surface area contributed by atoms with Crippen molar-refractivity contribution in [1.82, 2.24) is 4.31 Å². The van der Waals surface area contributed by atoms with Crippen LogP contribution < -0.4 is 5.73 Å². The SMILES string of the molecule is Cc1cccc(N)c1S(=O)(=O)N1CCCCC1CCO. The second kappa shape index (κ2) is 6.11. The van der Waals surface area contributed by atoms with E-state index in [2.05, 4.69) is 0 Å². The van der Waals surface area contributed by atoms with Crippen LogP contribution in [0.15, 0.2) is 23.1 Å². The zero-order valence-corrected chi connectivity index (χ0v) is 12.6. The van der Waals surface area contributed by atoms with Crippen LogP contribution in [0.4, 0.5) is 5.69 Å². The van der Waals surface area contributed by atoms with Crippen molar-refractivity contribution in [1.29, 1.82) is 0 Å². The molecular weight excluding hydrogens is 276 g/mol. The summed E-state index contributed by atoms with van der Waals surface area (Å²) in [4.78, 5) is 0.213. The lowest BCUT2D eigenvalue weighted by Gasteiger charge is -2.35. The summed E-state index contributed by atoms with van der Waals surface area (Å²) in [5.74, 6) is 0. The summed E-state index contributed by atoms with van der Waals surface area (Å²) in [6.45, 7) is 2.26. The highest BCUT2D eigenvalue weighted by Gasteiger charge is 2.34. The average Bonchev–Trinajstić information content (AvgIpc) is 2.39. The number of nitrogens with two attached hydrogens (primary N) is 1. The van der Waals surface area contributed by atoms with E-state index >= 15 is 0 Å². The second-order valence-electron chi connectivity index (χ2n) is 5.27.